The van der Waals surface area contributed by atoms with E-state index in [0.717, 1.165) is 31.5 Å². The minimum Gasteiger partial charge on any atom is -0.378 e. The maximum Gasteiger partial charge on any atom is 0.321 e. The topological polar surface area (TPSA) is 105 Å². The molecule has 4 rings (SSSR count). The molecule has 2 saturated heterocycles. The maximum atomic E-state index is 12.4. The fourth-order valence-corrected chi connectivity index (χ4v) is 4.60. The van der Waals surface area contributed by atoms with Crippen molar-refractivity contribution in [2.45, 2.75) is 25.0 Å². The first-order chi connectivity index (χ1) is 15.4. The predicted molar refractivity (Wildman–Crippen MR) is 123 cm³/mol. The van der Waals surface area contributed by atoms with Crippen LogP contribution in [0.3, 0.4) is 0 Å². The van der Waals surface area contributed by atoms with Crippen LogP contribution in [0, 0.1) is 0 Å². The van der Waals surface area contributed by atoms with Crippen LogP contribution in [0.2, 0.25) is 0 Å². The zero-order valence-corrected chi connectivity index (χ0v) is 19.1. The van der Waals surface area contributed by atoms with Gasteiger partial charge in [-0.05, 0) is 43.5 Å². The molecular formula is C22H29N5O4S. The molecular weight excluding hydrogens is 430 g/mol. The Kier molecular flexibility index (Phi) is 6.90. The molecule has 1 N–H and O–H groups in total. The third-order valence-corrected chi connectivity index (χ3v) is 6.37. The number of ether oxygens (including phenoxy) is 1. The van der Waals surface area contributed by atoms with E-state index in [1.807, 2.05) is 29.2 Å². The van der Waals surface area contributed by atoms with Crippen LogP contribution in [-0.2, 0) is 20.3 Å². The lowest BCUT2D eigenvalue weighted by Gasteiger charge is -2.28. The van der Waals surface area contributed by atoms with Crippen molar-refractivity contribution in [2.24, 2.45) is 0 Å². The summed E-state index contributed by atoms with van der Waals surface area (Å²) in [5, 5.41) is 2.94. The van der Waals surface area contributed by atoms with Crippen LogP contribution in [0.15, 0.2) is 30.3 Å². The van der Waals surface area contributed by atoms with Gasteiger partial charge in [0, 0.05) is 49.8 Å². The van der Waals surface area contributed by atoms with E-state index in [1.54, 1.807) is 6.07 Å². The molecule has 2 fully saturated rings. The molecule has 0 aliphatic carbocycles. The zero-order valence-electron chi connectivity index (χ0n) is 18.3. The van der Waals surface area contributed by atoms with Gasteiger partial charge >= 0.3 is 6.03 Å². The largest absolute Gasteiger partial charge is 0.378 e. The van der Waals surface area contributed by atoms with Crippen LogP contribution < -0.4 is 10.2 Å². The molecule has 0 atom stereocenters. The number of amides is 2. The zero-order chi connectivity index (χ0) is 22.6. The molecule has 2 aliphatic rings. The number of aromatic nitrogens is 2. The molecule has 0 radical (unpaired) electrons. The Morgan fingerprint density at radius 3 is 2.38 bits per heavy atom. The summed E-state index contributed by atoms with van der Waals surface area (Å²) in [7, 11) is -3.24. The summed E-state index contributed by atoms with van der Waals surface area (Å²) in [6, 6.07) is 8.97. The highest BCUT2D eigenvalue weighted by molar-refractivity contribution is 7.89. The average Bonchev–Trinajstić information content (AvgIpc) is 2.79. The van der Waals surface area contributed by atoms with Crippen molar-refractivity contribution in [3.05, 3.63) is 36.0 Å². The number of morpholine rings is 1. The van der Waals surface area contributed by atoms with Gasteiger partial charge in [0.25, 0.3) is 0 Å². The van der Waals surface area contributed by atoms with Crippen molar-refractivity contribution in [1.82, 2.24) is 14.9 Å². The number of sulfone groups is 1. The van der Waals surface area contributed by atoms with Gasteiger partial charge in [-0.3, -0.25) is 0 Å². The molecule has 2 amide bonds. The third kappa shape index (κ3) is 5.95. The summed E-state index contributed by atoms with van der Waals surface area (Å²) in [6.07, 6.45) is 4.45. The summed E-state index contributed by atoms with van der Waals surface area (Å²) < 4.78 is 29.2. The average molecular weight is 460 g/mol. The smallest absolute Gasteiger partial charge is 0.321 e. The van der Waals surface area contributed by atoms with Crippen molar-refractivity contribution < 1.29 is 17.9 Å². The first-order valence-electron chi connectivity index (χ1n) is 10.9. The van der Waals surface area contributed by atoms with Crippen LogP contribution in [-0.4, -0.2) is 75.0 Å². The minimum atomic E-state index is -3.24. The predicted octanol–water partition coefficient (Wildman–Crippen LogP) is 2.54. The van der Waals surface area contributed by atoms with Gasteiger partial charge in [0.1, 0.15) is 5.82 Å². The van der Waals surface area contributed by atoms with Crippen LogP contribution in [0.1, 0.15) is 25.0 Å². The van der Waals surface area contributed by atoms with E-state index in [2.05, 4.69) is 15.2 Å². The van der Waals surface area contributed by atoms with Crippen molar-refractivity contribution in [3.63, 3.8) is 0 Å². The van der Waals surface area contributed by atoms with Crippen LogP contribution in [0.5, 0.6) is 0 Å². The molecule has 0 bridgehead atoms. The van der Waals surface area contributed by atoms with E-state index in [-0.39, 0.29) is 11.8 Å². The molecule has 0 saturated carbocycles. The number of hydrogen-bond acceptors (Lipinski definition) is 7. The fraction of sp³-hybridized carbons (Fsp3) is 0.500. The molecule has 0 unspecified atom stereocenters. The SMILES string of the molecule is CS(=O)(=O)Cc1cc(N2CCOCC2)nc(-c2ccc(NC(=O)N3CCCCC3)cc2)n1. The number of nitrogens with zero attached hydrogens (tertiary/aromatic N) is 4. The van der Waals surface area contributed by atoms with E-state index in [1.165, 1.54) is 12.7 Å². The van der Waals surface area contributed by atoms with Crippen molar-refractivity contribution in [2.75, 3.05) is 55.9 Å². The van der Waals surface area contributed by atoms with Gasteiger partial charge in [0.2, 0.25) is 0 Å². The van der Waals surface area contributed by atoms with Gasteiger partial charge in [0.15, 0.2) is 15.7 Å². The minimum absolute atomic E-state index is 0.0848. The first-order valence-corrected chi connectivity index (χ1v) is 13.0. The fourth-order valence-electron chi connectivity index (χ4n) is 3.91. The van der Waals surface area contributed by atoms with E-state index in [4.69, 9.17) is 9.72 Å². The molecule has 1 aromatic carbocycles. The number of likely N-dealkylation sites (tertiary alicyclic amines) is 1. The number of urea groups is 1. The van der Waals surface area contributed by atoms with Crippen molar-refractivity contribution in [3.8, 4) is 11.4 Å². The number of carbonyl (C=O) groups is 1. The Morgan fingerprint density at radius 1 is 1.03 bits per heavy atom. The molecule has 32 heavy (non-hydrogen) atoms. The van der Waals surface area contributed by atoms with Gasteiger partial charge < -0.3 is 19.9 Å². The molecule has 9 nitrogen and oxygen atoms in total. The molecule has 1 aromatic heterocycles. The Balaban J connectivity index is 1.55. The molecule has 172 valence electrons. The number of carbonyl (C=O) groups excluding carboxylic acids is 1. The lowest BCUT2D eigenvalue weighted by molar-refractivity contribution is 0.122. The highest BCUT2D eigenvalue weighted by Crippen LogP contribution is 2.24. The quantitative estimate of drug-likeness (QED) is 0.733. The summed E-state index contributed by atoms with van der Waals surface area (Å²) in [5.74, 6) is 1.00. The van der Waals surface area contributed by atoms with Gasteiger partial charge in [-0.15, -0.1) is 0 Å². The number of anilines is 2. The van der Waals surface area contributed by atoms with Crippen molar-refractivity contribution in [1.29, 1.82) is 0 Å². The van der Waals surface area contributed by atoms with E-state index in [0.29, 0.717) is 49.3 Å². The van der Waals surface area contributed by atoms with Crippen molar-refractivity contribution >= 4 is 27.4 Å². The third-order valence-electron chi connectivity index (χ3n) is 5.55. The normalized spacial score (nSPS) is 17.3. The molecule has 2 aromatic rings. The Labute approximate surface area is 188 Å². The Morgan fingerprint density at radius 2 is 1.72 bits per heavy atom. The number of hydrogen-bond donors (Lipinski definition) is 1. The lowest BCUT2D eigenvalue weighted by Crippen LogP contribution is -2.38. The van der Waals surface area contributed by atoms with Gasteiger partial charge in [-0.1, -0.05) is 0 Å². The molecule has 10 heteroatoms. The summed E-state index contributed by atoms with van der Waals surface area (Å²) in [6.45, 7) is 4.16. The van der Waals surface area contributed by atoms with Crippen LogP contribution >= 0.6 is 0 Å². The highest BCUT2D eigenvalue weighted by Gasteiger charge is 2.19. The first kappa shape index (κ1) is 22.5. The Bertz CT molecular complexity index is 1050. The van der Waals surface area contributed by atoms with Crippen LogP contribution in [0.25, 0.3) is 11.4 Å². The molecule has 2 aliphatic heterocycles. The summed E-state index contributed by atoms with van der Waals surface area (Å²) in [5.41, 5.74) is 1.91. The number of nitrogens with one attached hydrogen (secondary N) is 1. The standard InChI is InChI=1S/C22H29N5O4S/c1-32(29,30)16-19-15-20(26-11-13-31-14-12-26)25-21(23-19)17-5-7-18(8-6-17)24-22(28)27-9-3-2-4-10-27/h5-8,15H,2-4,9-14,16H2,1H3,(H,24,28). The van der Waals surface area contributed by atoms with Gasteiger partial charge in [-0.25, -0.2) is 23.2 Å². The van der Waals surface area contributed by atoms with Gasteiger partial charge in [0.05, 0.1) is 24.7 Å². The summed E-state index contributed by atoms with van der Waals surface area (Å²) >= 11 is 0. The maximum absolute atomic E-state index is 12.4. The molecule has 0 spiro atoms. The summed E-state index contributed by atoms with van der Waals surface area (Å²) in [4.78, 5) is 25.5. The van der Waals surface area contributed by atoms with Gasteiger partial charge in [-0.2, -0.15) is 0 Å². The lowest BCUT2D eigenvalue weighted by atomic mass is 10.1. The van der Waals surface area contributed by atoms with E-state index < -0.39 is 9.84 Å². The second-order valence-electron chi connectivity index (χ2n) is 8.27. The number of piperidine rings is 1. The second kappa shape index (κ2) is 9.83. The Hall–Kier alpha value is -2.72. The van der Waals surface area contributed by atoms with E-state index in [9.17, 15) is 13.2 Å². The number of benzene rings is 1. The molecule has 3 heterocycles. The van der Waals surface area contributed by atoms with Crippen LogP contribution in [0.4, 0.5) is 16.3 Å². The van der Waals surface area contributed by atoms with E-state index >= 15 is 0 Å². The number of rotatable bonds is 5. The second-order valence-corrected chi connectivity index (χ2v) is 10.4. The monoisotopic (exact) mass is 459 g/mol. The highest BCUT2D eigenvalue weighted by atomic mass is 32.2.